The van der Waals surface area contributed by atoms with Gasteiger partial charge in [0.1, 0.15) is 11.4 Å². The molecule has 2 aliphatic heterocycles. The molecule has 3 N–H and O–H groups in total. The largest absolute Gasteiger partial charge is 0.486 e. The van der Waals surface area contributed by atoms with Crippen LogP contribution in [0.3, 0.4) is 0 Å². The number of nitrogens with one attached hydrogen (secondary N) is 2. The molecule has 0 aromatic heterocycles. The van der Waals surface area contributed by atoms with Crippen LogP contribution in [0.1, 0.15) is 29.6 Å². The van der Waals surface area contributed by atoms with Crippen molar-refractivity contribution < 1.29 is 19.4 Å². The van der Waals surface area contributed by atoms with Crippen LogP contribution in [0.15, 0.2) is 18.2 Å². The molecule has 2 heterocycles. The summed E-state index contributed by atoms with van der Waals surface area (Å²) in [4.78, 5) is 22.9. The molecule has 106 valence electrons. The lowest BCUT2D eigenvalue weighted by atomic mass is 9.83. The molecule has 0 atom stereocenters. The van der Waals surface area contributed by atoms with E-state index in [1.54, 1.807) is 18.2 Å². The van der Waals surface area contributed by atoms with E-state index in [2.05, 4.69) is 10.6 Å². The Labute approximate surface area is 116 Å². The van der Waals surface area contributed by atoms with Crippen molar-refractivity contribution in [2.75, 3.05) is 18.4 Å². The van der Waals surface area contributed by atoms with E-state index in [-0.39, 0.29) is 5.78 Å². The van der Waals surface area contributed by atoms with Crippen molar-refractivity contribution in [3.05, 3.63) is 23.8 Å². The highest BCUT2D eigenvalue weighted by Crippen LogP contribution is 2.39. The number of fused-ring (bicyclic) bond motifs is 1. The van der Waals surface area contributed by atoms with Gasteiger partial charge in [-0.1, -0.05) is 0 Å². The number of carbonyl (C=O) groups is 2. The maximum atomic E-state index is 12.3. The second kappa shape index (κ2) is 4.79. The number of ketones is 1. The van der Waals surface area contributed by atoms with Gasteiger partial charge in [0, 0.05) is 18.5 Å². The second-order valence-electron chi connectivity index (χ2n) is 5.28. The smallest absolute Gasteiger partial charge is 0.409 e. The fourth-order valence-corrected chi connectivity index (χ4v) is 2.86. The van der Waals surface area contributed by atoms with E-state index in [0.717, 1.165) is 25.9 Å². The van der Waals surface area contributed by atoms with Gasteiger partial charge in [0.2, 0.25) is 0 Å². The molecule has 6 heteroatoms. The predicted octanol–water partition coefficient (Wildman–Crippen LogP) is 1.86. The molecule has 1 fully saturated rings. The van der Waals surface area contributed by atoms with Crippen molar-refractivity contribution >= 4 is 17.6 Å². The van der Waals surface area contributed by atoms with Crippen LogP contribution in [0, 0.1) is 0 Å². The van der Waals surface area contributed by atoms with Gasteiger partial charge >= 0.3 is 6.09 Å². The summed E-state index contributed by atoms with van der Waals surface area (Å²) < 4.78 is 6.05. The minimum absolute atomic E-state index is 0.0159. The summed E-state index contributed by atoms with van der Waals surface area (Å²) >= 11 is 0. The lowest BCUT2D eigenvalue weighted by Gasteiger charge is -2.40. The number of amides is 1. The Balaban J connectivity index is 1.89. The monoisotopic (exact) mass is 276 g/mol. The van der Waals surface area contributed by atoms with Crippen LogP contribution >= 0.6 is 0 Å². The van der Waals surface area contributed by atoms with Crippen LogP contribution < -0.4 is 15.4 Å². The van der Waals surface area contributed by atoms with Crippen molar-refractivity contribution in [1.29, 1.82) is 0 Å². The van der Waals surface area contributed by atoms with Gasteiger partial charge in [-0.3, -0.25) is 10.1 Å². The molecule has 1 aromatic rings. The van der Waals surface area contributed by atoms with E-state index in [9.17, 15) is 9.59 Å². The fourth-order valence-electron chi connectivity index (χ4n) is 2.86. The summed E-state index contributed by atoms with van der Waals surface area (Å²) in [7, 11) is 0. The predicted molar refractivity (Wildman–Crippen MR) is 72.5 cm³/mol. The van der Waals surface area contributed by atoms with Gasteiger partial charge in [0.25, 0.3) is 0 Å². The highest BCUT2D eigenvalue weighted by Gasteiger charge is 2.41. The van der Waals surface area contributed by atoms with E-state index in [1.165, 1.54) is 0 Å². The molecule has 1 spiro atoms. The topological polar surface area (TPSA) is 87.7 Å². The highest BCUT2D eigenvalue weighted by atomic mass is 16.5. The van der Waals surface area contributed by atoms with E-state index in [0.29, 0.717) is 23.4 Å². The van der Waals surface area contributed by atoms with E-state index in [4.69, 9.17) is 9.84 Å². The number of hydrogen-bond donors (Lipinski definition) is 3. The lowest BCUT2D eigenvalue weighted by molar-refractivity contribution is 0.0187. The van der Waals surface area contributed by atoms with E-state index < -0.39 is 11.7 Å². The van der Waals surface area contributed by atoms with Gasteiger partial charge in [-0.15, -0.1) is 0 Å². The number of benzene rings is 1. The van der Waals surface area contributed by atoms with Crippen LogP contribution in [-0.2, 0) is 0 Å². The summed E-state index contributed by atoms with van der Waals surface area (Å²) in [5, 5.41) is 14.2. The molecular weight excluding hydrogens is 260 g/mol. The number of carboxylic acid groups (broad SMARTS) is 1. The van der Waals surface area contributed by atoms with Crippen molar-refractivity contribution in [2.45, 2.75) is 24.9 Å². The average molecular weight is 276 g/mol. The maximum absolute atomic E-state index is 12.3. The zero-order valence-corrected chi connectivity index (χ0v) is 10.9. The zero-order chi connectivity index (χ0) is 14.2. The number of ether oxygens (including phenoxy) is 1. The number of Topliss-reactive ketones (excluding diaryl/α,β-unsaturated/α-hetero) is 1. The summed E-state index contributed by atoms with van der Waals surface area (Å²) in [6.07, 6.45) is 0.836. The van der Waals surface area contributed by atoms with Gasteiger partial charge < -0.3 is 15.2 Å². The van der Waals surface area contributed by atoms with Crippen LogP contribution in [0.25, 0.3) is 0 Å². The molecule has 0 radical (unpaired) electrons. The molecule has 0 unspecified atom stereocenters. The number of piperidine rings is 1. The van der Waals surface area contributed by atoms with Crippen molar-refractivity contribution in [2.24, 2.45) is 0 Å². The van der Waals surface area contributed by atoms with Crippen molar-refractivity contribution in [1.82, 2.24) is 5.32 Å². The summed E-state index contributed by atoms with van der Waals surface area (Å²) in [6, 6.07) is 4.82. The minimum Gasteiger partial charge on any atom is -0.486 e. The Morgan fingerprint density at radius 2 is 2.10 bits per heavy atom. The number of carbonyl (C=O) groups excluding carboxylic acids is 1. The van der Waals surface area contributed by atoms with Gasteiger partial charge in [-0.25, -0.2) is 4.79 Å². The first-order valence-corrected chi connectivity index (χ1v) is 6.65. The quantitative estimate of drug-likeness (QED) is 0.728. The summed E-state index contributed by atoms with van der Waals surface area (Å²) in [5.74, 6) is 0.571. The third-order valence-corrected chi connectivity index (χ3v) is 3.86. The Morgan fingerprint density at radius 1 is 1.35 bits per heavy atom. The molecule has 1 aromatic carbocycles. The molecule has 1 saturated heterocycles. The third kappa shape index (κ3) is 2.34. The fraction of sp³-hybridized carbons (Fsp3) is 0.429. The molecule has 1 amide bonds. The standard InChI is InChI=1S/C14H16N2O4/c17-11-8-14(3-5-15-6-4-14)20-12-2-1-9(7-10(11)12)16-13(18)19/h1-2,7,15-16H,3-6,8H2,(H,18,19). The average Bonchev–Trinajstić information content (AvgIpc) is 2.40. The number of anilines is 1. The van der Waals surface area contributed by atoms with Crippen LogP contribution in [0.2, 0.25) is 0 Å². The Hall–Kier alpha value is -2.08. The number of hydrogen-bond acceptors (Lipinski definition) is 4. The molecule has 0 aliphatic carbocycles. The van der Waals surface area contributed by atoms with Crippen LogP contribution in [0.4, 0.5) is 10.5 Å². The SMILES string of the molecule is O=C(O)Nc1ccc2c(c1)C(=O)CC1(CCNCC1)O2. The van der Waals surface area contributed by atoms with Gasteiger partial charge in [0.05, 0.1) is 12.0 Å². The Kier molecular flexibility index (Phi) is 3.10. The second-order valence-corrected chi connectivity index (χ2v) is 5.28. The Bertz CT molecular complexity index is 564. The Morgan fingerprint density at radius 3 is 2.80 bits per heavy atom. The lowest BCUT2D eigenvalue weighted by Crippen LogP contribution is -2.49. The highest BCUT2D eigenvalue weighted by molar-refractivity contribution is 6.01. The molecule has 0 saturated carbocycles. The first-order valence-electron chi connectivity index (χ1n) is 6.65. The zero-order valence-electron chi connectivity index (χ0n) is 10.9. The first kappa shape index (κ1) is 12.9. The van der Waals surface area contributed by atoms with Crippen LogP contribution in [0.5, 0.6) is 5.75 Å². The van der Waals surface area contributed by atoms with E-state index >= 15 is 0 Å². The van der Waals surface area contributed by atoms with E-state index in [1.807, 2.05) is 0 Å². The number of rotatable bonds is 1. The molecule has 6 nitrogen and oxygen atoms in total. The normalized spacial score (nSPS) is 20.1. The molecule has 0 bridgehead atoms. The summed E-state index contributed by atoms with van der Waals surface area (Å²) in [6.45, 7) is 1.70. The molecule has 2 aliphatic rings. The maximum Gasteiger partial charge on any atom is 0.409 e. The van der Waals surface area contributed by atoms with Crippen LogP contribution in [-0.4, -0.2) is 35.7 Å². The van der Waals surface area contributed by atoms with Gasteiger partial charge in [-0.05, 0) is 31.3 Å². The molecule has 3 rings (SSSR count). The van der Waals surface area contributed by atoms with Crippen molar-refractivity contribution in [3.63, 3.8) is 0 Å². The first-order chi connectivity index (χ1) is 9.58. The minimum atomic E-state index is -1.15. The van der Waals surface area contributed by atoms with Gasteiger partial charge in [-0.2, -0.15) is 0 Å². The van der Waals surface area contributed by atoms with Crippen molar-refractivity contribution in [3.8, 4) is 5.75 Å². The molecule has 20 heavy (non-hydrogen) atoms. The summed E-state index contributed by atoms with van der Waals surface area (Å²) in [5.41, 5.74) is 0.451. The third-order valence-electron chi connectivity index (χ3n) is 3.86. The van der Waals surface area contributed by atoms with Gasteiger partial charge in [0.15, 0.2) is 5.78 Å². The molecular formula is C14H16N2O4.